The number of primary amides is 1. The molecule has 0 unspecified atom stereocenters. The van der Waals surface area contributed by atoms with Gasteiger partial charge in [-0.25, -0.2) is 4.98 Å². The molecule has 5 nitrogen and oxygen atoms in total. The number of fused-ring (bicyclic) bond motifs is 1. The average Bonchev–Trinajstić information content (AvgIpc) is 2.87. The summed E-state index contributed by atoms with van der Waals surface area (Å²) in [5.74, 6) is 0.123. The Hall–Kier alpha value is -2.47. The summed E-state index contributed by atoms with van der Waals surface area (Å²) in [6, 6.07) is 12.6. The van der Waals surface area contributed by atoms with Crippen LogP contribution in [-0.4, -0.2) is 10.9 Å². The van der Waals surface area contributed by atoms with Crippen LogP contribution in [0.4, 0.5) is 5.69 Å². The van der Waals surface area contributed by atoms with Crippen molar-refractivity contribution in [2.24, 2.45) is 5.73 Å². The summed E-state index contributed by atoms with van der Waals surface area (Å²) in [4.78, 5) is 15.7. The van der Waals surface area contributed by atoms with Gasteiger partial charge in [-0.15, -0.1) is 0 Å². The van der Waals surface area contributed by atoms with Gasteiger partial charge in [-0.2, -0.15) is 0 Å². The summed E-state index contributed by atoms with van der Waals surface area (Å²) in [5.41, 5.74) is 14.5. The van der Waals surface area contributed by atoms with E-state index in [2.05, 4.69) is 4.98 Å². The number of nitrogens with zero attached hydrogens (tertiary/aromatic N) is 1. The van der Waals surface area contributed by atoms with Crippen molar-refractivity contribution in [2.45, 2.75) is 11.0 Å². The Morgan fingerprint density at radius 2 is 2.05 bits per heavy atom. The molecule has 0 atom stereocenters. The fraction of sp³-hybridized carbons (Fsp3) is 0.0667. The van der Waals surface area contributed by atoms with Crippen LogP contribution in [0.25, 0.3) is 11.1 Å². The van der Waals surface area contributed by atoms with E-state index in [-0.39, 0.29) is 0 Å². The number of anilines is 1. The molecule has 0 fully saturated rings. The number of nitrogen functional groups attached to an aromatic ring is 1. The Balaban J connectivity index is 1.82. The van der Waals surface area contributed by atoms with E-state index in [4.69, 9.17) is 15.9 Å². The van der Waals surface area contributed by atoms with Crippen LogP contribution in [0.1, 0.15) is 15.9 Å². The van der Waals surface area contributed by atoms with Gasteiger partial charge in [0, 0.05) is 23.1 Å². The molecule has 3 aromatic rings. The molecular formula is C15H13N3O2S. The Labute approximate surface area is 125 Å². The molecule has 2 aromatic carbocycles. The highest BCUT2D eigenvalue weighted by atomic mass is 32.2. The van der Waals surface area contributed by atoms with Crippen LogP contribution in [0.2, 0.25) is 0 Å². The minimum atomic E-state index is -0.434. The zero-order valence-electron chi connectivity index (χ0n) is 11.1. The molecule has 6 heteroatoms. The van der Waals surface area contributed by atoms with E-state index in [1.54, 1.807) is 24.3 Å². The van der Waals surface area contributed by atoms with Gasteiger partial charge >= 0.3 is 0 Å². The Kier molecular flexibility index (Phi) is 3.53. The molecule has 4 N–H and O–H groups in total. The molecular weight excluding hydrogens is 286 g/mol. The number of benzene rings is 2. The first-order valence-corrected chi connectivity index (χ1v) is 7.28. The Bertz CT molecular complexity index is 814. The molecule has 0 aliphatic carbocycles. The molecule has 0 saturated carbocycles. The number of carbonyl (C=O) groups is 1. The smallest absolute Gasteiger partial charge is 0.257 e. The molecule has 21 heavy (non-hydrogen) atoms. The molecule has 106 valence electrons. The van der Waals surface area contributed by atoms with Crippen molar-refractivity contribution < 1.29 is 9.21 Å². The summed E-state index contributed by atoms with van der Waals surface area (Å²) >= 11 is 1.41. The maximum atomic E-state index is 11.4. The maximum absolute atomic E-state index is 11.4. The lowest BCUT2D eigenvalue weighted by atomic mass is 10.1. The summed E-state index contributed by atoms with van der Waals surface area (Å²) < 4.78 is 5.63. The molecule has 0 spiro atoms. The van der Waals surface area contributed by atoms with Gasteiger partial charge < -0.3 is 15.9 Å². The molecule has 3 rings (SSSR count). The molecule has 1 amide bonds. The van der Waals surface area contributed by atoms with Crippen molar-refractivity contribution in [3.8, 4) is 0 Å². The predicted octanol–water partition coefficient (Wildman–Crippen LogP) is 2.80. The first-order chi connectivity index (χ1) is 10.1. The van der Waals surface area contributed by atoms with Crippen LogP contribution in [0.15, 0.2) is 52.1 Å². The van der Waals surface area contributed by atoms with Gasteiger partial charge in [0.05, 0.1) is 0 Å². The lowest BCUT2D eigenvalue weighted by Crippen LogP contribution is -2.13. The maximum Gasteiger partial charge on any atom is 0.257 e. The Morgan fingerprint density at radius 3 is 2.86 bits per heavy atom. The number of rotatable bonds is 4. The summed E-state index contributed by atoms with van der Waals surface area (Å²) in [6.07, 6.45) is 0. The first kappa shape index (κ1) is 13.5. The normalized spacial score (nSPS) is 10.9. The molecule has 1 aromatic heterocycles. The largest absolute Gasteiger partial charge is 0.431 e. The number of thioether (sulfide) groups is 1. The topological polar surface area (TPSA) is 95.1 Å². The fourth-order valence-corrected chi connectivity index (χ4v) is 2.85. The van der Waals surface area contributed by atoms with Gasteiger partial charge in [0.25, 0.3) is 5.22 Å². The molecule has 0 radical (unpaired) electrons. The molecule has 0 aliphatic rings. The van der Waals surface area contributed by atoms with Gasteiger partial charge in [-0.3, -0.25) is 4.79 Å². The van der Waals surface area contributed by atoms with Crippen molar-refractivity contribution in [1.29, 1.82) is 0 Å². The van der Waals surface area contributed by atoms with Crippen molar-refractivity contribution >= 4 is 34.5 Å². The molecule has 1 heterocycles. The third-order valence-electron chi connectivity index (χ3n) is 3.03. The third kappa shape index (κ3) is 2.85. The number of oxazole rings is 1. The van der Waals surface area contributed by atoms with Gasteiger partial charge in [0.15, 0.2) is 5.58 Å². The lowest BCUT2D eigenvalue weighted by molar-refractivity contribution is 0.0999. The van der Waals surface area contributed by atoms with Crippen LogP contribution >= 0.6 is 11.8 Å². The van der Waals surface area contributed by atoms with Crippen molar-refractivity contribution in [3.05, 3.63) is 53.6 Å². The zero-order valence-corrected chi connectivity index (χ0v) is 11.9. The minimum absolute atomic E-state index is 0.434. The second kappa shape index (κ2) is 5.49. The number of amides is 1. The van der Waals surface area contributed by atoms with Crippen LogP contribution in [0, 0.1) is 0 Å². The third-order valence-corrected chi connectivity index (χ3v) is 3.90. The van der Waals surface area contributed by atoms with E-state index in [1.807, 2.05) is 18.2 Å². The van der Waals surface area contributed by atoms with E-state index >= 15 is 0 Å². The average molecular weight is 299 g/mol. The van der Waals surface area contributed by atoms with Crippen LogP contribution in [-0.2, 0) is 5.75 Å². The summed E-state index contributed by atoms with van der Waals surface area (Å²) in [6.45, 7) is 0. The molecule has 0 bridgehead atoms. The van der Waals surface area contributed by atoms with Crippen LogP contribution < -0.4 is 11.5 Å². The van der Waals surface area contributed by atoms with Gasteiger partial charge in [-0.1, -0.05) is 30.0 Å². The van der Waals surface area contributed by atoms with Gasteiger partial charge in [0.1, 0.15) is 5.52 Å². The van der Waals surface area contributed by atoms with Crippen LogP contribution in [0.3, 0.4) is 0 Å². The van der Waals surface area contributed by atoms with Crippen molar-refractivity contribution in [3.63, 3.8) is 0 Å². The predicted molar refractivity (Wildman–Crippen MR) is 82.9 cm³/mol. The highest BCUT2D eigenvalue weighted by Crippen LogP contribution is 2.28. The number of aromatic nitrogens is 1. The highest BCUT2D eigenvalue weighted by molar-refractivity contribution is 7.98. The first-order valence-electron chi connectivity index (χ1n) is 6.30. The number of nitrogens with two attached hydrogens (primary N) is 2. The molecule has 0 aliphatic heterocycles. The SMILES string of the molecule is NC(=O)c1ccccc1CSc1nc2ccc(N)cc2o1. The summed E-state index contributed by atoms with van der Waals surface area (Å²) in [7, 11) is 0. The Morgan fingerprint density at radius 1 is 1.24 bits per heavy atom. The van der Waals surface area contributed by atoms with Crippen LogP contribution in [0.5, 0.6) is 0 Å². The van der Waals surface area contributed by atoms with E-state index in [9.17, 15) is 4.79 Å². The van der Waals surface area contributed by atoms with E-state index in [0.717, 1.165) is 11.1 Å². The summed E-state index contributed by atoms with van der Waals surface area (Å²) in [5, 5.41) is 0.537. The van der Waals surface area contributed by atoms with Crippen molar-refractivity contribution in [1.82, 2.24) is 4.98 Å². The second-order valence-electron chi connectivity index (χ2n) is 4.52. The van der Waals surface area contributed by atoms with Crippen molar-refractivity contribution in [2.75, 3.05) is 5.73 Å². The van der Waals surface area contributed by atoms with Gasteiger partial charge in [-0.05, 0) is 23.8 Å². The number of hydrogen-bond donors (Lipinski definition) is 2. The standard InChI is InChI=1S/C15H13N3O2S/c16-10-5-6-12-13(7-10)20-15(18-12)21-8-9-3-1-2-4-11(9)14(17)19/h1-7H,8,16H2,(H2,17,19). The quantitative estimate of drug-likeness (QED) is 0.570. The highest BCUT2D eigenvalue weighted by Gasteiger charge is 2.10. The minimum Gasteiger partial charge on any atom is -0.431 e. The van der Waals surface area contributed by atoms with E-state index in [0.29, 0.717) is 27.8 Å². The number of carbonyl (C=O) groups excluding carboxylic acids is 1. The van der Waals surface area contributed by atoms with Gasteiger partial charge in [0.2, 0.25) is 5.91 Å². The molecule has 0 saturated heterocycles. The number of hydrogen-bond acceptors (Lipinski definition) is 5. The van der Waals surface area contributed by atoms with E-state index < -0.39 is 5.91 Å². The second-order valence-corrected chi connectivity index (χ2v) is 5.44. The van der Waals surface area contributed by atoms with E-state index in [1.165, 1.54) is 11.8 Å². The monoisotopic (exact) mass is 299 g/mol. The zero-order chi connectivity index (χ0) is 14.8. The fourth-order valence-electron chi connectivity index (χ4n) is 2.01. The lowest BCUT2D eigenvalue weighted by Gasteiger charge is -2.04.